The fourth-order valence-electron chi connectivity index (χ4n) is 2.89. The molecule has 21 heavy (non-hydrogen) atoms. The lowest BCUT2D eigenvalue weighted by molar-refractivity contribution is 0.781. The van der Waals surface area contributed by atoms with Gasteiger partial charge in [0.2, 0.25) is 0 Å². The molecule has 0 bridgehead atoms. The Morgan fingerprint density at radius 2 is 2.14 bits per heavy atom. The first-order valence-electron chi connectivity index (χ1n) is 6.87. The molecule has 0 fully saturated rings. The van der Waals surface area contributed by atoms with Gasteiger partial charge in [0.05, 0.1) is 27.9 Å². The summed E-state index contributed by atoms with van der Waals surface area (Å²) >= 11 is 1.88. The Hall–Kier alpha value is -2.25. The summed E-state index contributed by atoms with van der Waals surface area (Å²) in [4.78, 5) is 6.14. The monoisotopic (exact) mass is 291 g/mol. The van der Waals surface area contributed by atoms with Crippen molar-refractivity contribution in [1.29, 1.82) is 5.26 Å². The summed E-state index contributed by atoms with van der Waals surface area (Å²) in [6.07, 6.45) is 1.02. The zero-order valence-corrected chi connectivity index (χ0v) is 12.4. The van der Waals surface area contributed by atoms with Crippen LogP contribution in [0, 0.1) is 11.3 Å². The summed E-state index contributed by atoms with van der Waals surface area (Å²) < 4.78 is 2.12. The highest BCUT2D eigenvalue weighted by Gasteiger charge is 2.27. The number of imidazole rings is 1. The summed E-state index contributed by atoms with van der Waals surface area (Å²) in [7, 11) is 2.04. The van der Waals surface area contributed by atoms with Crippen molar-refractivity contribution in [3.05, 3.63) is 59.4 Å². The van der Waals surface area contributed by atoms with E-state index in [4.69, 9.17) is 10.2 Å². The van der Waals surface area contributed by atoms with Crippen LogP contribution in [0.4, 0.5) is 0 Å². The number of benzene rings is 2. The second kappa shape index (κ2) is 4.64. The van der Waals surface area contributed by atoms with Gasteiger partial charge < -0.3 is 4.57 Å². The Bertz CT molecular complexity index is 864. The lowest BCUT2D eigenvalue weighted by Gasteiger charge is -2.08. The van der Waals surface area contributed by atoms with Crippen molar-refractivity contribution >= 4 is 22.8 Å². The molecule has 2 heterocycles. The maximum atomic E-state index is 9.04. The predicted molar refractivity (Wildman–Crippen MR) is 84.2 cm³/mol. The van der Waals surface area contributed by atoms with Crippen molar-refractivity contribution in [2.75, 3.05) is 0 Å². The third-order valence-electron chi connectivity index (χ3n) is 3.98. The standard InChI is InChI=1S/C17H13N3S/c1-20-14-8-11(10-18)6-7-13(14)19-17(20)16-9-12-4-2-3-5-15(12)21-16/h2-8,16H,9H2,1H3. The molecule has 4 heteroatoms. The third kappa shape index (κ3) is 1.93. The summed E-state index contributed by atoms with van der Waals surface area (Å²) in [5.74, 6) is 1.08. The first-order valence-corrected chi connectivity index (χ1v) is 7.75. The Balaban J connectivity index is 1.79. The van der Waals surface area contributed by atoms with E-state index in [0.717, 1.165) is 23.3 Å². The molecule has 1 aliphatic rings. The number of nitriles is 1. The molecule has 1 atom stereocenters. The zero-order valence-electron chi connectivity index (χ0n) is 11.6. The second-order valence-corrected chi connectivity index (χ2v) is 6.51. The average molecular weight is 291 g/mol. The number of thioether (sulfide) groups is 1. The molecule has 3 aromatic rings. The molecule has 4 rings (SSSR count). The van der Waals surface area contributed by atoms with Crippen molar-refractivity contribution in [2.24, 2.45) is 7.05 Å². The van der Waals surface area contributed by atoms with E-state index in [1.165, 1.54) is 10.5 Å². The maximum Gasteiger partial charge on any atom is 0.123 e. The van der Waals surface area contributed by atoms with Crippen LogP contribution < -0.4 is 0 Å². The van der Waals surface area contributed by atoms with Crippen LogP contribution in [-0.4, -0.2) is 9.55 Å². The van der Waals surface area contributed by atoms with Crippen molar-refractivity contribution in [1.82, 2.24) is 9.55 Å². The van der Waals surface area contributed by atoms with E-state index < -0.39 is 0 Å². The molecule has 1 aliphatic heterocycles. The van der Waals surface area contributed by atoms with E-state index >= 15 is 0 Å². The number of fused-ring (bicyclic) bond motifs is 2. The highest BCUT2D eigenvalue weighted by atomic mass is 32.2. The van der Waals surface area contributed by atoms with Crippen LogP contribution in [0.3, 0.4) is 0 Å². The maximum absolute atomic E-state index is 9.04. The minimum absolute atomic E-state index is 0.352. The fourth-order valence-corrected chi connectivity index (χ4v) is 4.24. The zero-order chi connectivity index (χ0) is 14.4. The number of nitrogens with zero attached hydrogens (tertiary/aromatic N) is 3. The number of aromatic nitrogens is 2. The lowest BCUT2D eigenvalue weighted by atomic mass is 10.1. The molecule has 0 saturated carbocycles. The highest BCUT2D eigenvalue weighted by Crippen LogP contribution is 2.46. The lowest BCUT2D eigenvalue weighted by Crippen LogP contribution is -2.02. The molecule has 3 nitrogen and oxygen atoms in total. The highest BCUT2D eigenvalue weighted by molar-refractivity contribution is 7.99. The first kappa shape index (κ1) is 12.5. The van der Waals surface area contributed by atoms with Gasteiger partial charge in [-0.2, -0.15) is 5.26 Å². The molecule has 0 N–H and O–H groups in total. The Morgan fingerprint density at radius 1 is 1.29 bits per heavy atom. The topological polar surface area (TPSA) is 41.6 Å². The molecule has 0 saturated heterocycles. The van der Waals surface area contributed by atoms with E-state index in [1.54, 1.807) is 0 Å². The van der Waals surface area contributed by atoms with Crippen molar-refractivity contribution in [2.45, 2.75) is 16.6 Å². The summed E-state index contributed by atoms with van der Waals surface area (Å²) in [6, 6.07) is 16.4. The van der Waals surface area contributed by atoms with Crippen LogP contribution in [-0.2, 0) is 13.5 Å². The largest absolute Gasteiger partial charge is 0.330 e. The van der Waals surface area contributed by atoms with E-state index in [1.807, 2.05) is 37.0 Å². The van der Waals surface area contributed by atoms with Gasteiger partial charge in [-0.05, 0) is 36.2 Å². The van der Waals surface area contributed by atoms with Gasteiger partial charge in [0.15, 0.2) is 0 Å². The minimum Gasteiger partial charge on any atom is -0.330 e. The normalized spacial score (nSPS) is 16.9. The van der Waals surface area contributed by atoms with Gasteiger partial charge in [-0.15, -0.1) is 11.8 Å². The molecule has 1 aromatic heterocycles. The molecular weight excluding hydrogens is 278 g/mol. The van der Waals surface area contributed by atoms with Gasteiger partial charge in [-0.3, -0.25) is 0 Å². The fraction of sp³-hybridized carbons (Fsp3) is 0.176. The molecule has 0 amide bonds. The number of rotatable bonds is 1. The summed E-state index contributed by atoms with van der Waals surface area (Å²) in [5.41, 5.74) is 4.07. The van der Waals surface area contributed by atoms with E-state index in [9.17, 15) is 0 Å². The van der Waals surface area contributed by atoms with Gasteiger partial charge in [0.25, 0.3) is 0 Å². The van der Waals surface area contributed by atoms with Gasteiger partial charge >= 0.3 is 0 Å². The second-order valence-electron chi connectivity index (χ2n) is 5.26. The molecule has 1 unspecified atom stereocenters. The summed E-state index contributed by atoms with van der Waals surface area (Å²) in [5, 5.41) is 9.39. The molecule has 2 aromatic carbocycles. The Kier molecular flexibility index (Phi) is 2.76. The Labute approximate surface area is 127 Å². The molecule has 0 radical (unpaired) electrons. The first-order chi connectivity index (χ1) is 10.3. The van der Waals surface area contributed by atoms with E-state index in [2.05, 4.69) is 34.9 Å². The number of hydrogen-bond acceptors (Lipinski definition) is 3. The van der Waals surface area contributed by atoms with Crippen LogP contribution >= 0.6 is 11.8 Å². The van der Waals surface area contributed by atoms with Crippen LogP contribution in [0.15, 0.2) is 47.4 Å². The molecular formula is C17H13N3S. The van der Waals surface area contributed by atoms with Gasteiger partial charge in [0.1, 0.15) is 5.82 Å². The molecule has 0 aliphatic carbocycles. The van der Waals surface area contributed by atoms with Crippen molar-refractivity contribution in [3.63, 3.8) is 0 Å². The Morgan fingerprint density at radius 3 is 2.95 bits per heavy atom. The van der Waals surface area contributed by atoms with Gasteiger partial charge in [-0.1, -0.05) is 18.2 Å². The van der Waals surface area contributed by atoms with E-state index in [-0.39, 0.29) is 0 Å². The van der Waals surface area contributed by atoms with E-state index in [0.29, 0.717) is 10.8 Å². The number of aryl methyl sites for hydroxylation is 1. The summed E-state index contributed by atoms with van der Waals surface area (Å²) in [6.45, 7) is 0. The average Bonchev–Trinajstić information content (AvgIpc) is 3.08. The quantitative estimate of drug-likeness (QED) is 0.684. The van der Waals surface area contributed by atoms with Gasteiger partial charge in [0, 0.05) is 11.9 Å². The smallest absolute Gasteiger partial charge is 0.123 e. The molecule has 102 valence electrons. The van der Waals surface area contributed by atoms with Crippen LogP contribution in [0.1, 0.15) is 22.2 Å². The SMILES string of the molecule is Cn1c(C2Cc3ccccc3S2)nc2ccc(C#N)cc21. The van der Waals surface area contributed by atoms with Gasteiger partial charge in [-0.25, -0.2) is 4.98 Å². The predicted octanol–water partition coefficient (Wildman–Crippen LogP) is 3.83. The number of hydrogen-bond donors (Lipinski definition) is 0. The van der Waals surface area contributed by atoms with Crippen molar-refractivity contribution < 1.29 is 0 Å². The van der Waals surface area contributed by atoms with Crippen LogP contribution in [0.2, 0.25) is 0 Å². The molecule has 0 spiro atoms. The van der Waals surface area contributed by atoms with Crippen LogP contribution in [0.25, 0.3) is 11.0 Å². The van der Waals surface area contributed by atoms with Crippen LogP contribution in [0.5, 0.6) is 0 Å². The van der Waals surface area contributed by atoms with Crippen molar-refractivity contribution in [3.8, 4) is 6.07 Å². The minimum atomic E-state index is 0.352. The third-order valence-corrected chi connectivity index (χ3v) is 5.29.